The van der Waals surface area contributed by atoms with Crippen LogP contribution in [-0.2, 0) is 13.0 Å². The highest BCUT2D eigenvalue weighted by molar-refractivity contribution is 5.14. The molecule has 2 atom stereocenters. The minimum absolute atomic E-state index is 0.725. The van der Waals surface area contributed by atoms with E-state index in [0.29, 0.717) is 0 Å². The summed E-state index contributed by atoms with van der Waals surface area (Å²) in [7, 11) is 0. The molecule has 0 spiro atoms. The van der Waals surface area contributed by atoms with Gasteiger partial charge in [-0.15, -0.1) is 0 Å². The highest BCUT2D eigenvalue weighted by Gasteiger charge is 2.35. The fraction of sp³-hybridized carbons (Fsp3) is 0.609. The van der Waals surface area contributed by atoms with Crippen molar-refractivity contribution >= 4 is 0 Å². The Balaban J connectivity index is 1.18. The van der Waals surface area contributed by atoms with Crippen LogP contribution in [0.4, 0.5) is 0 Å². The number of rotatable bonds is 7. The molecular formula is C23H32N4. The summed E-state index contributed by atoms with van der Waals surface area (Å²) in [5, 5.41) is 0. The molecule has 4 heteroatoms. The molecule has 0 unspecified atom stereocenters. The number of nitrogens with zero attached hydrogens (tertiary/aromatic N) is 4. The third kappa shape index (κ3) is 4.12. The molecule has 27 heavy (non-hydrogen) atoms. The van der Waals surface area contributed by atoms with Gasteiger partial charge in [0, 0.05) is 44.5 Å². The van der Waals surface area contributed by atoms with Gasteiger partial charge < -0.3 is 9.47 Å². The van der Waals surface area contributed by atoms with Gasteiger partial charge in [0.25, 0.3) is 0 Å². The minimum atomic E-state index is 0.725. The molecule has 144 valence electrons. The molecule has 3 aliphatic heterocycles. The molecule has 4 aliphatic rings. The van der Waals surface area contributed by atoms with E-state index in [0.717, 1.165) is 24.5 Å². The second kappa shape index (κ2) is 7.76. The number of fused-ring (bicyclic) bond motifs is 4. The predicted octanol–water partition coefficient (Wildman–Crippen LogP) is 3.75. The Labute approximate surface area is 163 Å². The quantitative estimate of drug-likeness (QED) is 0.748. The molecule has 0 radical (unpaired) electrons. The van der Waals surface area contributed by atoms with Crippen LogP contribution in [0.15, 0.2) is 42.9 Å². The Kier molecular flexibility index (Phi) is 5.02. The van der Waals surface area contributed by atoms with Crippen molar-refractivity contribution in [1.82, 2.24) is 19.4 Å². The smallest absolute Gasteiger partial charge is 0.0951 e. The molecule has 4 heterocycles. The second-order valence-electron chi connectivity index (χ2n) is 8.90. The molecular weight excluding hydrogens is 332 g/mol. The fourth-order valence-corrected chi connectivity index (χ4v) is 5.15. The van der Waals surface area contributed by atoms with E-state index < -0.39 is 0 Å². The topological polar surface area (TPSA) is 24.3 Å². The second-order valence-corrected chi connectivity index (χ2v) is 8.90. The van der Waals surface area contributed by atoms with Gasteiger partial charge in [-0.1, -0.05) is 30.3 Å². The van der Waals surface area contributed by atoms with Gasteiger partial charge in [0.05, 0.1) is 12.0 Å². The maximum atomic E-state index is 4.44. The first-order valence-corrected chi connectivity index (χ1v) is 10.9. The van der Waals surface area contributed by atoms with Crippen molar-refractivity contribution in [3.05, 3.63) is 54.1 Å². The van der Waals surface area contributed by atoms with Crippen LogP contribution in [0, 0.1) is 5.92 Å². The molecule has 6 rings (SSSR count). The first-order valence-electron chi connectivity index (χ1n) is 10.9. The molecule has 2 aromatic rings. The summed E-state index contributed by atoms with van der Waals surface area (Å²) < 4.78 is 2.44. The van der Waals surface area contributed by atoms with E-state index in [1.54, 1.807) is 0 Å². The molecule has 3 saturated heterocycles. The lowest BCUT2D eigenvalue weighted by molar-refractivity contribution is 0.120. The van der Waals surface area contributed by atoms with E-state index in [2.05, 4.69) is 62.2 Å². The third-order valence-corrected chi connectivity index (χ3v) is 6.74. The number of imidazole rings is 1. The highest BCUT2D eigenvalue weighted by Crippen LogP contribution is 2.36. The number of benzene rings is 1. The summed E-state index contributed by atoms with van der Waals surface area (Å²) >= 11 is 0. The van der Waals surface area contributed by atoms with Crippen LogP contribution in [0.3, 0.4) is 0 Å². The molecule has 1 aromatic heterocycles. The fourth-order valence-electron chi connectivity index (χ4n) is 5.15. The third-order valence-electron chi connectivity index (χ3n) is 6.74. The Morgan fingerprint density at radius 3 is 2.63 bits per heavy atom. The number of hydrogen-bond donors (Lipinski definition) is 0. The summed E-state index contributed by atoms with van der Waals surface area (Å²) in [4.78, 5) is 9.96. The van der Waals surface area contributed by atoms with E-state index >= 15 is 0 Å². The van der Waals surface area contributed by atoms with Gasteiger partial charge in [0.2, 0.25) is 0 Å². The summed E-state index contributed by atoms with van der Waals surface area (Å²) in [5.74, 6) is 0.845. The Bertz CT molecular complexity index is 736. The lowest BCUT2D eigenvalue weighted by Crippen LogP contribution is -2.43. The summed E-state index contributed by atoms with van der Waals surface area (Å²) in [5.41, 5.74) is 2.91. The number of aromatic nitrogens is 2. The monoisotopic (exact) mass is 364 g/mol. The van der Waals surface area contributed by atoms with Crippen LogP contribution in [0.25, 0.3) is 0 Å². The lowest BCUT2D eigenvalue weighted by atomic mass is 9.95. The van der Waals surface area contributed by atoms with Crippen molar-refractivity contribution in [2.45, 2.75) is 57.2 Å². The maximum absolute atomic E-state index is 4.44. The van der Waals surface area contributed by atoms with E-state index in [9.17, 15) is 0 Å². The van der Waals surface area contributed by atoms with Crippen LogP contribution in [0.2, 0.25) is 0 Å². The molecule has 0 N–H and O–H groups in total. The summed E-state index contributed by atoms with van der Waals surface area (Å²) in [6.07, 6.45) is 12.1. The highest BCUT2D eigenvalue weighted by atomic mass is 15.3. The number of hydrogen-bond acceptors (Lipinski definition) is 3. The molecule has 2 bridgehead atoms. The maximum Gasteiger partial charge on any atom is 0.0951 e. The van der Waals surface area contributed by atoms with Crippen molar-refractivity contribution in [2.75, 3.05) is 26.2 Å². The van der Waals surface area contributed by atoms with Crippen molar-refractivity contribution in [1.29, 1.82) is 0 Å². The molecule has 0 amide bonds. The number of piperidine rings is 1. The average Bonchev–Trinajstić information content (AvgIpc) is 3.48. The lowest BCUT2D eigenvalue weighted by Gasteiger charge is -2.36. The SMILES string of the molecule is c1ccc(CCCN2C[C@@H]3CC[C@H](C2)N(Cc2cncn2C2CC2)C3)cc1. The van der Waals surface area contributed by atoms with E-state index in [1.165, 1.54) is 76.0 Å². The van der Waals surface area contributed by atoms with Crippen LogP contribution in [-0.4, -0.2) is 51.6 Å². The summed E-state index contributed by atoms with van der Waals surface area (Å²) in [6.45, 7) is 6.16. The normalized spacial score (nSPS) is 26.4. The van der Waals surface area contributed by atoms with Gasteiger partial charge in [-0.3, -0.25) is 4.90 Å². The first kappa shape index (κ1) is 17.4. The van der Waals surface area contributed by atoms with Crippen molar-refractivity contribution < 1.29 is 0 Å². The zero-order valence-corrected chi connectivity index (χ0v) is 16.3. The molecule has 1 aromatic carbocycles. The Morgan fingerprint density at radius 1 is 0.926 bits per heavy atom. The van der Waals surface area contributed by atoms with E-state index in [4.69, 9.17) is 0 Å². The van der Waals surface area contributed by atoms with Gasteiger partial charge in [0.1, 0.15) is 0 Å². The van der Waals surface area contributed by atoms with Gasteiger partial charge >= 0.3 is 0 Å². The number of aryl methyl sites for hydroxylation is 1. The Morgan fingerprint density at radius 2 is 1.78 bits per heavy atom. The van der Waals surface area contributed by atoms with Crippen LogP contribution in [0.5, 0.6) is 0 Å². The molecule has 4 nitrogen and oxygen atoms in total. The van der Waals surface area contributed by atoms with E-state index in [1.807, 2.05) is 0 Å². The van der Waals surface area contributed by atoms with Gasteiger partial charge in [0.15, 0.2) is 0 Å². The average molecular weight is 365 g/mol. The molecule has 1 saturated carbocycles. The molecule has 4 fully saturated rings. The van der Waals surface area contributed by atoms with Gasteiger partial charge in [-0.2, -0.15) is 0 Å². The van der Waals surface area contributed by atoms with Crippen LogP contribution >= 0.6 is 0 Å². The minimum Gasteiger partial charge on any atom is -0.330 e. The van der Waals surface area contributed by atoms with Crippen molar-refractivity contribution in [2.24, 2.45) is 5.92 Å². The van der Waals surface area contributed by atoms with Gasteiger partial charge in [-0.05, 0) is 56.6 Å². The van der Waals surface area contributed by atoms with Crippen molar-refractivity contribution in [3.8, 4) is 0 Å². The zero-order valence-electron chi connectivity index (χ0n) is 16.3. The largest absolute Gasteiger partial charge is 0.330 e. The zero-order chi connectivity index (χ0) is 18.1. The Hall–Kier alpha value is -1.65. The van der Waals surface area contributed by atoms with Gasteiger partial charge in [-0.25, -0.2) is 4.98 Å². The van der Waals surface area contributed by atoms with Crippen LogP contribution in [0.1, 0.15) is 49.4 Å². The van der Waals surface area contributed by atoms with E-state index in [-0.39, 0.29) is 0 Å². The standard InChI is InChI=1S/C23H32N4/c1-2-5-19(6-3-1)7-4-12-25-14-20-8-9-22(16-25)26(15-20)17-23-13-24-18-27(23)21-10-11-21/h1-3,5-6,13,18,20-22H,4,7-12,14-17H2/t20-,22+/m0/s1. The first-order chi connectivity index (χ1) is 13.3. The summed E-state index contributed by atoms with van der Waals surface area (Å²) in [6, 6.07) is 12.4. The predicted molar refractivity (Wildman–Crippen MR) is 109 cm³/mol. The van der Waals surface area contributed by atoms with Crippen LogP contribution < -0.4 is 0 Å². The van der Waals surface area contributed by atoms with Crippen molar-refractivity contribution in [3.63, 3.8) is 0 Å². The molecule has 1 aliphatic carbocycles.